The molecule has 250 valence electrons. The zero-order valence-corrected chi connectivity index (χ0v) is 29.5. The number of benzene rings is 4. The second-order valence-electron chi connectivity index (χ2n) is 13.8. The standard InChI is InChI=1S/C44H42N4O2/c1-27-20-34(48-31(5)44(30(4)46-48)43-28(2)22-33(23-29(43)3)32-12-8-7-9-13-32)24-37(21-27)50-36-16-17-39-38-14-10-11-15-40(38)47(41(39)25-36)42-26-35(49-6)18-19-45-42/h7-22,24-26,29,33,43H,23H2,1-6H3/t29-,33-,43?/m0/s1. The normalized spacial score (nSPS) is 17.6. The first-order valence-corrected chi connectivity index (χ1v) is 17.4. The van der Waals surface area contributed by atoms with Crippen molar-refractivity contribution in [2.75, 3.05) is 7.11 Å². The van der Waals surface area contributed by atoms with Crippen molar-refractivity contribution in [3.63, 3.8) is 0 Å². The Labute approximate surface area is 293 Å². The molecule has 6 nitrogen and oxygen atoms in total. The molecule has 0 radical (unpaired) electrons. The van der Waals surface area contributed by atoms with Crippen LogP contribution in [0.25, 0.3) is 33.3 Å². The maximum Gasteiger partial charge on any atom is 0.141 e. The van der Waals surface area contributed by atoms with Gasteiger partial charge in [-0.3, -0.25) is 4.57 Å². The third-order valence-electron chi connectivity index (χ3n) is 10.4. The van der Waals surface area contributed by atoms with Gasteiger partial charge in [-0.15, -0.1) is 0 Å². The van der Waals surface area contributed by atoms with Gasteiger partial charge in [0.15, 0.2) is 0 Å². The van der Waals surface area contributed by atoms with Crippen molar-refractivity contribution in [2.45, 2.75) is 52.9 Å². The number of aromatic nitrogens is 4. The van der Waals surface area contributed by atoms with E-state index in [1.165, 1.54) is 22.4 Å². The van der Waals surface area contributed by atoms with Gasteiger partial charge in [0.1, 0.15) is 23.1 Å². The molecule has 4 aromatic carbocycles. The van der Waals surface area contributed by atoms with Crippen LogP contribution in [0.15, 0.2) is 121 Å². The van der Waals surface area contributed by atoms with E-state index in [-0.39, 0.29) is 0 Å². The molecule has 50 heavy (non-hydrogen) atoms. The third-order valence-corrected chi connectivity index (χ3v) is 10.4. The lowest BCUT2D eigenvalue weighted by Gasteiger charge is -2.34. The van der Waals surface area contributed by atoms with E-state index < -0.39 is 0 Å². The summed E-state index contributed by atoms with van der Waals surface area (Å²) in [6.45, 7) is 11.2. The number of aryl methyl sites for hydroxylation is 2. The largest absolute Gasteiger partial charge is 0.497 e. The molecule has 0 saturated heterocycles. The number of fused-ring (bicyclic) bond motifs is 3. The van der Waals surface area contributed by atoms with Crippen molar-refractivity contribution in [1.82, 2.24) is 19.3 Å². The van der Waals surface area contributed by atoms with Gasteiger partial charge in [0.25, 0.3) is 0 Å². The second-order valence-corrected chi connectivity index (χ2v) is 13.8. The Morgan fingerprint density at radius 1 is 0.740 bits per heavy atom. The minimum atomic E-state index is 0.335. The first-order chi connectivity index (χ1) is 24.3. The Morgan fingerprint density at radius 2 is 1.52 bits per heavy atom. The summed E-state index contributed by atoms with van der Waals surface area (Å²) in [6.07, 6.45) is 5.38. The summed E-state index contributed by atoms with van der Waals surface area (Å²) in [4.78, 5) is 4.71. The Balaban J connectivity index is 1.14. The average molecular weight is 659 g/mol. The molecule has 1 aliphatic carbocycles. The van der Waals surface area contributed by atoms with Crippen LogP contribution in [0.1, 0.15) is 60.2 Å². The van der Waals surface area contributed by atoms with Crippen molar-refractivity contribution < 1.29 is 9.47 Å². The van der Waals surface area contributed by atoms with Crippen molar-refractivity contribution >= 4 is 21.8 Å². The second kappa shape index (κ2) is 12.7. The number of para-hydroxylation sites is 1. The van der Waals surface area contributed by atoms with Crippen LogP contribution in [0.5, 0.6) is 17.2 Å². The molecule has 1 unspecified atom stereocenters. The number of pyridine rings is 1. The summed E-state index contributed by atoms with van der Waals surface area (Å²) in [6, 6.07) is 35.8. The lowest BCUT2D eigenvalue weighted by molar-refractivity contribution is 0.414. The van der Waals surface area contributed by atoms with Crippen molar-refractivity contribution in [3.05, 3.63) is 149 Å². The fourth-order valence-corrected chi connectivity index (χ4v) is 8.23. The lowest BCUT2D eigenvalue weighted by Crippen LogP contribution is -2.20. The van der Waals surface area contributed by atoms with Crippen molar-refractivity contribution in [1.29, 1.82) is 0 Å². The Bertz CT molecular complexity index is 2400. The molecule has 7 aromatic rings. The van der Waals surface area contributed by atoms with E-state index >= 15 is 0 Å². The Morgan fingerprint density at radius 3 is 2.32 bits per heavy atom. The van der Waals surface area contributed by atoms with E-state index in [2.05, 4.69) is 135 Å². The fourth-order valence-electron chi connectivity index (χ4n) is 8.23. The molecule has 0 fully saturated rings. The zero-order chi connectivity index (χ0) is 34.5. The predicted molar refractivity (Wildman–Crippen MR) is 202 cm³/mol. The van der Waals surface area contributed by atoms with E-state index in [0.29, 0.717) is 17.8 Å². The highest BCUT2D eigenvalue weighted by Gasteiger charge is 2.33. The molecule has 3 atom stereocenters. The van der Waals surface area contributed by atoms with Crippen molar-refractivity contribution in [2.24, 2.45) is 5.92 Å². The molecule has 6 heteroatoms. The number of ether oxygens (including phenoxy) is 2. The molecule has 0 bridgehead atoms. The zero-order valence-electron chi connectivity index (χ0n) is 29.5. The number of hydrogen-bond donors (Lipinski definition) is 0. The molecule has 0 N–H and O–H groups in total. The van der Waals surface area contributed by atoms with Gasteiger partial charge in [-0.2, -0.15) is 5.10 Å². The van der Waals surface area contributed by atoms with E-state index in [1.54, 1.807) is 13.3 Å². The molecule has 0 aliphatic heterocycles. The van der Waals surface area contributed by atoms with Crippen LogP contribution in [0.4, 0.5) is 0 Å². The molecule has 1 aliphatic rings. The summed E-state index contributed by atoms with van der Waals surface area (Å²) in [5.74, 6) is 4.34. The quantitative estimate of drug-likeness (QED) is 0.160. The minimum absolute atomic E-state index is 0.335. The Hall–Kier alpha value is -5.62. The highest BCUT2D eigenvalue weighted by molar-refractivity contribution is 6.09. The number of nitrogens with zero attached hydrogens (tertiary/aromatic N) is 4. The van der Waals surface area contributed by atoms with Gasteiger partial charge < -0.3 is 9.47 Å². The van der Waals surface area contributed by atoms with Gasteiger partial charge in [-0.05, 0) is 87.6 Å². The summed E-state index contributed by atoms with van der Waals surface area (Å²) < 4.78 is 16.4. The van der Waals surface area contributed by atoms with Crippen LogP contribution in [0.3, 0.4) is 0 Å². The first-order valence-electron chi connectivity index (χ1n) is 17.4. The van der Waals surface area contributed by atoms with Crippen LogP contribution in [0.2, 0.25) is 0 Å². The molecule has 0 amide bonds. The highest BCUT2D eigenvalue weighted by Crippen LogP contribution is 2.46. The van der Waals surface area contributed by atoms with Gasteiger partial charge in [0.05, 0.1) is 29.5 Å². The number of methoxy groups -OCH3 is 1. The molecule has 0 saturated carbocycles. The smallest absolute Gasteiger partial charge is 0.141 e. The molecule has 3 aromatic heterocycles. The first kappa shape index (κ1) is 31.6. The van der Waals surface area contributed by atoms with Gasteiger partial charge in [0.2, 0.25) is 0 Å². The van der Waals surface area contributed by atoms with Gasteiger partial charge in [-0.1, -0.05) is 67.1 Å². The van der Waals surface area contributed by atoms with E-state index in [0.717, 1.165) is 68.2 Å². The topological polar surface area (TPSA) is 54.1 Å². The summed E-state index contributed by atoms with van der Waals surface area (Å²) in [5, 5.41) is 7.42. The summed E-state index contributed by atoms with van der Waals surface area (Å²) >= 11 is 0. The van der Waals surface area contributed by atoms with Crippen LogP contribution >= 0.6 is 0 Å². The van der Waals surface area contributed by atoms with Crippen LogP contribution in [-0.4, -0.2) is 26.4 Å². The van der Waals surface area contributed by atoms with E-state index in [4.69, 9.17) is 19.6 Å². The van der Waals surface area contributed by atoms with Crippen molar-refractivity contribution in [3.8, 4) is 28.8 Å². The van der Waals surface area contributed by atoms with E-state index in [1.807, 2.05) is 18.2 Å². The van der Waals surface area contributed by atoms with E-state index in [9.17, 15) is 0 Å². The SMILES string of the molecule is COc1ccnc(-n2c3ccccc3c3ccc(Oc4cc(C)cc(-n5nc(C)c(C6C(C)=C[C@H](c7ccccc7)C[C@@H]6C)c5C)c4)cc32)c1. The van der Waals surface area contributed by atoms with Crippen LogP contribution in [-0.2, 0) is 0 Å². The molecular weight excluding hydrogens is 617 g/mol. The minimum Gasteiger partial charge on any atom is -0.497 e. The monoisotopic (exact) mass is 658 g/mol. The molecule has 0 spiro atoms. The van der Waals surface area contributed by atoms with Crippen LogP contribution < -0.4 is 9.47 Å². The maximum atomic E-state index is 6.63. The number of hydrogen-bond acceptors (Lipinski definition) is 4. The summed E-state index contributed by atoms with van der Waals surface area (Å²) in [7, 11) is 1.68. The van der Waals surface area contributed by atoms with Gasteiger partial charge >= 0.3 is 0 Å². The lowest BCUT2D eigenvalue weighted by atomic mass is 9.70. The molecule has 3 heterocycles. The van der Waals surface area contributed by atoms with Gasteiger partial charge in [-0.25, -0.2) is 9.67 Å². The van der Waals surface area contributed by atoms with Crippen LogP contribution in [0, 0.1) is 26.7 Å². The molecular formula is C44H42N4O2. The fraction of sp³-hybridized carbons (Fsp3) is 0.227. The maximum absolute atomic E-state index is 6.63. The predicted octanol–water partition coefficient (Wildman–Crippen LogP) is 10.9. The summed E-state index contributed by atoms with van der Waals surface area (Å²) in [5.41, 5.74) is 10.6. The van der Waals surface area contributed by atoms with Gasteiger partial charge in [0, 0.05) is 58.3 Å². The molecule has 8 rings (SSSR count). The highest BCUT2D eigenvalue weighted by atomic mass is 16.5. The number of allylic oxidation sites excluding steroid dienone is 2. The number of rotatable bonds is 7. The Kier molecular flexibility index (Phi) is 8.02. The average Bonchev–Trinajstić information content (AvgIpc) is 3.60. The third kappa shape index (κ3) is 5.55.